The van der Waals surface area contributed by atoms with Crippen LogP contribution >= 0.6 is 11.8 Å². The smallest absolute Gasteiger partial charge is 0.222 e. The van der Waals surface area contributed by atoms with Gasteiger partial charge in [0.05, 0.1) is 5.60 Å². The van der Waals surface area contributed by atoms with Gasteiger partial charge in [-0.3, -0.25) is 0 Å². The van der Waals surface area contributed by atoms with Crippen molar-refractivity contribution in [2.24, 2.45) is 0 Å². The van der Waals surface area contributed by atoms with E-state index in [1.165, 1.54) is 0 Å². The van der Waals surface area contributed by atoms with Crippen molar-refractivity contribution in [2.45, 2.75) is 19.4 Å². The highest BCUT2D eigenvalue weighted by molar-refractivity contribution is 7.98. The van der Waals surface area contributed by atoms with Crippen LogP contribution in [0, 0.1) is 6.92 Å². The van der Waals surface area contributed by atoms with Gasteiger partial charge in [0.15, 0.2) is 0 Å². The van der Waals surface area contributed by atoms with Gasteiger partial charge >= 0.3 is 0 Å². The summed E-state index contributed by atoms with van der Waals surface area (Å²) in [6.45, 7) is 4.07. The first-order valence-electron chi connectivity index (χ1n) is 4.99. The molecule has 1 aromatic heterocycles. The minimum Gasteiger partial charge on any atom is -0.387 e. The van der Waals surface area contributed by atoms with E-state index >= 15 is 0 Å². The number of aliphatic hydroxyl groups is 1. The lowest BCUT2D eigenvalue weighted by atomic mass is 10.1. The zero-order valence-corrected chi connectivity index (χ0v) is 10.6. The molecule has 1 unspecified atom stereocenters. The molecule has 0 fully saturated rings. The predicted octanol–water partition coefficient (Wildman–Crippen LogP) is 0.893. The Morgan fingerprint density at radius 1 is 1.56 bits per heavy atom. The van der Waals surface area contributed by atoms with Crippen molar-refractivity contribution in [1.82, 2.24) is 9.97 Å². The minimum absolute atomic E-state index is 0.243. The maximum Gasteiger partial charge on any atom is 0.222 e. The molecule has 90 valence electrons. The predicted molar refractivity (Wildman–Crippen MR) is 68.7 cm³/mol. The van der Waals surface area contributed by atoms with Gasteiger partial charge in [0.25, 0.3) is 0 Å². The van der Waals surface area contributed by atoms with Crippen molar-refractivity contribution in [2.75, 3.05) is 29.6 Å². The third-order valence-electron chi connectivity index (χ3n) is 1.98. The third kappa shape index (κ3) is 4.24. The summed E-state index contributed by atoms with van der Waals surface area (Å²) in [6, 6.07) is 1.80. The normalized spacial score (nSPS) is 14.5. The summed E-state index contributed by atoms with van der Waals surface area (Å²) < 4.78 is 0. The van der Waals surface area contributed by atoms with Crippen LogP contribution in [0.5, 0.6) is 0 Å². The van der Waals surface area contributed by atoms with Crippen LogP contribution in [0.15, 0.2) is 6.07 Å². The Kier molecular flexibility index (Phi) is 4.37. The molecule has 0 amide bonds. The Bertz CT molecular complexity index is 336. The highest BCUT2D eigenvalue weighted by Crippen LogP contribution is 2.13. The van der Waals surface area contributed by atoms with Crippen molar-refractivity contribution in [1.29, 1.82) is 0 Å². The molecule has 0 aliphatic heterocycles. The average molecular weight is 242 g/mol. The number of rotatable bonds is 5. The van der Waals surface area contributed by atoms with Gasteiger partial charge in [-0.05, 0) is 20.1 Å². The molecule has 1 aromatic rings. The third-order valence-corrected chi connectivity index (χ3v) is 2.89. The van der Waals surface area contributed by atoms with Crippen molar-refractivity contribution in [3.8, 4) is 0 Å². The number of nitrogens with zero attached hydrogens (tertiary/aromatic N) is 2. The van der Waals surface area contributed by atoms with E-state index in [0.29, 0.717) is 18.1 Å². The molecule has 5 nitrogen and oxygen atoms in total. The molecule has 0 bridgehead atoms. The van der Waals surface area contributed by atoms with Crippen molar-refractivity contribution < 1.29 is 5.11 Å². The minimum atomic E-state index is -0.757. The molecule has 0 aliphatic rings. The number of nitrogen functional groups attached to an aromatic ring is 1. The highest BCUT2D eigenvalue weighted by Gasteiger charge is 2.19. The van der Waals surface area contributed by atoms with E-state index in [9.17, 15) is 5.11 Å². The molecule has 1 atom stereocenters. The van der Waals surface area contributed by atoms with Crippen molar-refractivity contribution in [3.63, 3.8) is 0 Å². The largest absolute Gasteiger partial charge is 0.387 e. The second-order valence-electron chi connectivity index (χ2n) is 4.04. The number of anilines is 2. The Balaban J connectivity index is 2.60. The van der Waals surface area contributed by atoms with Crippen LogP contribution in [0.4, 0.5) is 11.8 Å². The second-order valence-corrected chi connectivity index (χ2v) is 4.90. The molecule has 1 rings (SSSR count). The van der Waals surface area contributed by atoms with Crippen LogP contribution in [-0.4, -0.2) is 39.2 Å². The standard InChI is InChI=1S/C10H18N4OS/c1-7-4-8(14-9(11)13-7)12-5-10(2,15)6-16-3/h4,15H,5-6H2,1-3H3,(H3,11,12,13,14). The summed E-state index contributed by atoms with van der Waals surface area (Å²) in [5.41, 5.74) is 5.58. The fourth-order valence-corrected chi connectivity index (χ4v) is 2.05. The molecule has 4 N–H and O–H groups in total. The zero-order valence-electron chi connectivity index (χ0n) is 9.82. The lowest BCUT2D eigenvalue weighted by molar-refractivity contribution is 0.0996. The molecule has 0 saturated heterocycles. The van der Waals surface area contributed by atoms with Crippen LogP contribution in [0.2, 0.25) is 0 Å². The first kappa shape index (κ1) is 13.1. The zero-order chi connectivity index (χ0) is 12.2. The molecule has 1 heterocycles. The number of thioether (sulfide) groups is 1. The Labute approximate surface area is 99.9 Å². The molecule has 0 radical (unpaired) electrons. The van der Waals surface area contributed by atoms with Crippen molar-refractivity contribution >= 4 is 23.5 Å². The quantitative estimate of drug-likeness (QED) is 0.711. The number of nitrogens with two attached hydrogens (primary N) is 1. The molecule has 0 spiro atoms. The van der Waals surface area contributed by atoms with Crippen LogP contribution < -0.4 is 11.1 Å². The fraction of sp³-hybridized carbons (Fsp3) is 0.600. The van der Waals surface area contributed by atoms with Crippen LogP contribution in [-0.2, 0) is 0 Å². The summed E-state index contributed by atoms with van der Waals surface area (Å²) in [7, 11) is 0. The molecular formula is C10H18N4OS. The Hall–Kier alpha value is -1.01. The number of nitrogens with one attached hydrogen (secondary N) is 1. The van der Waals surface area contributed by atoms with E-state index in [1.807, 2.05) is 13.2 Å². The molecule has 0 saturated carbocycles. The summed E-state index contributed by atoms with van der Waals surface area (Å²) in [6.07, 6.45) is 1.96. The molecular weight excluding hydrogens is 224 g/mol. The summed E-state index contributed by atoms with van der Waals surface area (Å²) in [4.78, 5) is 8.01. The van der Waals surface area contributed by atoms with Crippen LogP contribution in [0.1, 0.15) is 12.6 Å². The van der Waals surface area contributed by atoms with Crippen molar-refractivity contribution in [3.05, 3.63) is 11.8 Å². The molecule has 0 aromatic carbocycles. The maximum atomic E-state index is 9.96. The Morgan fingerprint density at radius 2 is 2.25 bits per heavy atom. The number of aryl methyl sites for hydroxylation is 1. The molecule has 0 aliphatic carbocycles. The van der Waals surface area contributed by atoms with Gasteiger partial charge in [-0.1, -0.05) is 0 Å². The van der Waals surface area contributed by atoms with Gasteiger partial charge in [0.2, 0.25) is 5.95 Å². The number of hydrogen-bond donors (Lipinski definition) is 3. The molecule has 16 heavy (non-hydrogen) atoms. The van der Waals surface area contributed by atoms with E-state index in [2.05, 4.69) is 15.3 Å². The van der Waals surface area contributed by atoms with E-state index in [0.717, 1.165) is 5.69 Å². The van der Waals surface area contributed by atoms with Crippen LogP contribution in [0.3, 0.4) is 0 Å². The molecule has 6 heteroatoms. The average Bonchev–Trinajstić information content (AvgIpc) is 2.13. The SMILES string of the molecule is CSCC(C)(O)CNc1cc(C)nc(N)n1. The van der Waals surface area contributed by atoms with Gasteiger partial charge in [-0.15, -0.1) is 0 Å². The number of aromatic nitrogens is 2. The van der Waals surface area contributed by atoms with Gasteiger partial charge in [0.1, 0.15) is 5.82 Å². The highest BCUT2D eigenvalue weighted by atomic mass is 32.2. The van der Waals surface area contributed by atoms with E-state index < -0.39 is 5.60 Å². The monoisotopic (exact) mass is 242 g/mol. The second kappa shape index (κ2) is 5.36. The van der Waals surface area contributed by atoms with E-state index in [1.54, 1.807) is 24.8 Å². The van der Waals surface area contributed by atoms with E-state index in [4.69, 9.17) is 5.73 Å². The number of hydrogen-bond acceptors (Lipinski definition) is 6. The Morgan fingerprint density at radius 3 is 2.81 bits per heavy atom. The lowest BCUT2D eigenvalue weighted by Crippen LogP contribution is -2.36. The summed E-state index contributed by atoms with van der Waals surface area (Å²) >= 11 is 1.60. The van der Waals surface area contributed by atoms with Gasteiger partial charge < -0.3 is 16.2 Å². The fourth-order valence-electron chi connectivity index (χ4n) is 1.33. The lowest BCUT2D eigenvalue weighted by Gasteiger charge is -2.22. The van der Waals surface area contributed by atoms with Crippen LogP contribution in [0.25, 0.3) is 0 Å². The van der Waals surface area contributed by atoms with Gasteiger partial charge in [-0.25, -0.2) is 4.98 Å². The summed E-state index contributed by atoms with van der Waals surface area (Å²) in [5, 5.41) is 13.0. The first-order valence-corrected chi connectivity index (χ1v) is 6.39. The van der Waals surface area contributed by atoms with Gasteiger partial charge in [0, 0.05) is 24.1 Å². The summed E-state index contributed by atoms with van der Waals surface area (Å²) in [5.74, 6) is 1.55. The topological polar surface area (TPSA) is 84.1 Å². The van der Waals surface area contributed by atoms with Gasteiger partial charge in [-0.2, -0.15) is 16.7 Å². The first-order chi connectivity index (χ1) is 7.43. The van der Waals surface area contributed by atoms with E-state index in [-0.39, 0.29) is 5.95 Å². The maximum absolute atomic E-state index is 9.96.